The van der Waals surface area contributed by atoms with E-state index < -0.39 is 0 Å². The predicted molar refractivity (Wildman–Crippen MR) is 44.6 cm³/mol. The van der Waals surface area contributed by atoms with Gasteiger partial charge in [0.1, 0.15) is 5.52 Å². The van der Waals surface area contributed by atoms with E-state index in [1.54, 1.807) is 12.4 Å². The number of nitrogens with zero attached hydrogens (tertiary/aromatic N) is 3. The molecule has 0 saturated heterocycles. The summed E-state index contributed by atoms with van der Waals surface area (Å²) < 4.78 is 4.23. The molecule has 0 spiro atoms. The molecule has 2 rings (SSSR count). The fourth-order valence-corrected chi connectivity index (χ4v) is 1.74. The Hall–Kier alpha value is -1.03. The van der Waals surface area contributed by atoms with E-state index in [0.717, 1.165) is 22.5 Å². The van der Waals surface area contributed by atoms with Crippen LogP contribution in [0.15, 0.2) is 12.4 Å². The molecule has 0 aliphatic carbocycles. The Bertz CT molecular complexity index is 368. The highest BCUT2D eigenvalue weighted by atomic mass is 32.1. The zero-order chi connectivity index (χ0) is 7.68. The second kappa shape index (κ2) is 2.54. The molecule has 11 heavy (non-hydrogen) atoms. The average molecular weight is 165 g/mol. The highest BCUT2D eigenvalue weighted by Crippen LogP contribution is 2.17. The molecule has 0 amide bonds. The van der Waals surface area contributed by atoms with Gasteiger partial charge in [-0.3, -0.25) is 4.98 Å². The Morgan fingerprint density at radius 3 is 3.00 bits per heavy atom. The number of fused-ring (bicyclic) bond motifs is 1. The molecule has 0 atom stereocenters. The Kier molecular flexibility index (Phi) is 1.54. The van der Waals surface area contributed by atoms with E-state index in [4.69, 9.17) is 0 Å². The minimum atomic E-state index is 0.929. The smallest absolute Gasteiger partial charge is 0.162 e. The van der Waals surface area contributed by atoms with Crippen LogP contribution in [0, 0.1) is 0 Å². The van der Waals surface area contributed by atoms with E-state index in [-0.39, 0.29) is 0 Å². The number of hydrogen-bond donors (Lipinski definition) is 0. The summed E-state index contributed by atoms with van der Waals surface area (Å²) in [5.74, 6) is 0. The molecule has 0 fully saturated rings. The van der Waals surface area contributed by atoms with Gasteiger partial charge in [0.15, 0.2) is 4.83 Å². The molecular weight excluding hydrogens is 158 g/mol. The molecule has 0 N–H and O–H groups in total. The van der Waals surface area contributed by atoms with Gasteiger partial charge >= 0.3 is 0 Å². The quantitative estimate of drug-likeness (QED) is 0.645. The first-order valence-corrected chi connectivity index (χ1v) is 4.24. The highest BCUT2D eigenvalue weighted by molar-refractivity contribution is 7.12. The molecule has 56 valence electrons. The molecule has 0 radical (unpaired) electrons. The summed E-state index contributed by atoms with van der Waals surface area (Å²) in [7, 11) is 0. The van der Waals surface area contributed by atoms with E-state index in [1.807, 2.05) is 0 Å². The average Bonchev–Trinajstić information content (AvgIpc) is 2.47. The van der Waals surface area contributed by atoms with Gasteiger partial charge in [0.05, 0.1) is 5.69 Å². The largest absolute Gasteiger partial charge is 0.250 e. The van der Waals surface area contributed by atoms with Gasteiger partial charge in [-0.1, -0.05) is 6.92 Å². The highest BCUT2D eigenvalue weighted by Gasteiger charge is 2.04. The molecule has 0 aliphatic rings. The maximum Gasteiger partial charge on any atom is 0.162 e. The van der Waals surface area contributed by atoms with Gasteiger partial charge in [-0.25, -0.2) is 4.98 Å². The summed E-state index contributed by atoms with van der Waals surface area (Å²) in [5.41, 5.74) is 2.01. The van der Waals surface area contributed by atoms with Crippen LogP contribution in [0.2, 0.25) is 0 Å². The van der Waals surface area contributed by atoms with Gasteiger partial charge in [-0.2, -0.15) is 4.37 Å². The van der Waals surface area contributed by atoms with Gasteiger partial charge < -0.3 is 0 Å². The van der Waals surface area contributed by atoms with Crippen LogP contribution in [0.25, 0.3) is 10.3 Å². The molecule has 4 heteroatoms. The summed E-state index contributed by atoms with van der Waals surface area (Å²) in [6.45, 7) is 2.07. The van der Waals surface area contributed by atoms with Crippen LogP contribution in [0.3, 0.4) is 0 Å². The third-order valence-electron chi connectivity index (χ3n) is 1.52. The van der Waals surface area contributed by atoms with Gasteiger partial charge in [0, 0.05) is 12.4 Å². The summed E-state index contributed by atoms with van der Waals surface area (Å²) in [4.78, 5) is 9.28. The van der Waals surface area contributed by atoms with Crippen molar-refractivity contribution in [3.63, 3.8) is 0 Å². The molecule has 0 bridgehead atoms. The minimum absolute atomic E-state index is 0.929. The standard InChI is InChI=1S/C7H7N3S/c1-2-5-6-7(11-10-5)9-4-3-8-6/h3-4H,2H2,1H3. The Morgan fingerprint density at radius 2 is 2.18 bits per heavy atom. The van der Waals surface area contributed by atoms with Crippen LogP contribution in [0.4, 0.5) is 0 Å². The summed E-state index contributed by atoms with van der Waals surface area (Å²) in [6.07, 6.45) is 4.33. The molecular formula is C7H7N3S. The van der Waals surface area contributed by atoms with Crippen molar-refractivity contribution in [2.24, 2.45) is 0 Å². The number of aromatic nitrogens is 3. The fraction of sp³-hybridized carbons (Fsp3) is 0.286. The second-order valence-electron chi connectivity index (χ2n) is 2.19. The first-order chi connectivity index (χ1) is 5.42. The zero-order valence-electron chi connectivity index (χ0n) is 6.11. The lowest BCUT2D eigenvalue weighted by atomic mass is 10.3. The van der Waals surface area contributed by atoms with Gasteiger partial charge in [0.25, 0.3) is 0 Å². The van der Waals surface area contributed by atoms with Crippen molar-refractivity contribution in [3.05, 3.63) is 18.1 Å². The Labute approximate surface area is 68.3 Å². The van der Waals surface area contributed by atoms with Crippen molar-refractivity contribution in [2.75, 3.05) is 0 Å². The van der Waals surface area contributed by atoms with E-state index in [2.05, 4.69) is 21.3 Å². The maximum atomic E-state index is 4.23. The molecule has 0 aliphatic heterocycles. The molecule has 3 nitrogen and oxygen atoms in total. The third-order valence-corrected chi connectivity index (χ3v) is 2.30. The number of rotatable bonds is 1. The van der Waals surface area contributed by atoms with Crippen LogP contribution < -0.4 is 0 Å². The lowest BCUT2D eigenvalue weighted by Crippen LogP contribution is -1.82. The van der Waals surface area contributed by atoms with Gasteiger partial charge in [-0.05, 0) is 18.0 Å². The van der Waals surface area contributed by atoms with E-state index >= 15 is 0 Å². The molecule has 0 saturated carbocycles. The summed E-state index contributed by atoms with van der Waals surface area (Å²) in [5, 5.41) is 0. The van der Waals surface area contributed by atoms with Crippen molar-refractivity contribution < 1.29 is 0 Å². The van der Waals surface area contributed by atoms with Crippen molar-refractivity contribution >= 4 is 21.9 Å². The van der Waals surface area contributed by atoms with Crippen molar-refractivity contribution in [1.82, 2.24) is 14.3 Å². The molecule has 2 aromatic rings. The van der Waals surface area contributed by atoms with Crippen LogP contribution in [0.1, 0.15) is 12.6 Å². The minimum Gasteiger partial charge on any atom is -0.250 e. The molecule has 0 aromatic carbocycles. The SMILES string of the molecule is CCc1nsc2nccnc12. The second-order valence-corrected chi connectivity index (χ2v) is 2.94. The first-order valence-electron chi connectivity index (χ1n) is 3.47. The van der Waals surface area contributed by atoms with Crippen LogP contribution in [0.5, 0.6) is 0 Å². The normalized spacial score (nSPS) is 10.6. The topological polar surface area (TPSA) is 38.7 Å². The molecule has 2 aromatic heterocycles. The monoisotopic (exact) mass is 165 g/mol. The van der Waals surface area contributed by atoms with Gasteiger partial charge in [-0.15, -0.1) is 0 Å². The number of hydrogen-bond acceptors (Lipinski definition) is 4. The molecule has 2 heterocycles. The molecule has 0 unspecified atom stereocenters. The fourth-order valence-electron chi connectivity index (χ4n) is 0.964. The first kappa shape index (κ1) is 6.67. The summed E-state index contributed by atoms with van der Waals surface area (Å²) in [6, 6.07) is 0. The Balaban J connectivity index is 2.76. The Morgan fingerprint density at radius 1 is 1.36 bits per heavy atom. The summed E-state index contributed by atoms with van der Waals surface area (Å²) >= 11 is 1.41. The number of aryl methyl sites for hydroxylation is 1. The maximum absolute atomic E-state index is 4.23. The van der Waals surface area contributed by atoms with E-state index in [0.29, 0.717) is 0 Å². The van der Waals surface area contributed by atoms with Gasteiger partial charge in [0.2, 0.25) is 0 Å². The van der Waals surface area contributed by atoms with Crippen LogP contribution >= 0.6 is 11.5 Å². The lowest BCUT2D eigenvalue weighted by molar-refractivity contribution is 1.09. The van der Waals surface area contributed by atoms with Crippen LogP contribution in [-0.4, -0.2) is 14.3 Å². The zero-order valence-corrected chi connectivity index (χ0v) is 6.93. The third kappa shape index (κ3) is 0.991. The predicted octanol–water partition coefficient (Wildman–Crippen LogP) is 1.65. The lowest BCUT2D eigenvalue weighted by Gasteiger charge is -1.87. The van der Waals surface area contributed by atoms with Crippen LogP contribution in [-0.2, 0) is 6.42 Å². The van der Waals surface area contributed by atoms with Crippen molar-refractivity contribution in [3.8, 4) is 0 Å². The van der Waals surface area contributed by atoms with Crippen molar-refractivity contribution in [1.29, 1.82) is 0 Å². The van der Waals surface area contributed by atoms with E-state index in [9.17, 15) is 0 Å². The van der Waals surface area contributed by atoms with E-state index in [1.165, 1.54) is 11.5 Å². The van der Waals surface area contributed by atoms with Crippen molar-refractivity contribution in [2.45, 2.75) is 13.3 Å².